The van der Waals surface area contributed by atoms with Gasteiger partial charge in [0, 0.05) is 6.20 Å². The maximum absolute atomic E-state index is 12.3. The van der Waals surface area contributed by atoms with Crippen LogP contribution in [0, 0.1) is 0 Å². The van der Waals surface area contributed by atoms with Crippen LogP contribution in [0.15, 0.2) is 15.7 Å². The monoisotopic (exact) mass is 238 g/mol. The first-order valence-corrected chi connectivity index (χ1v) is 4.38. The van der Waals surface area contributed by atoms with Crippen LogP contribution in [0.25, 0.3) is 0 Å². The molecular weight excluding hydrogens is 230 g/mol. The first-order chi connectivity index (χ1) is 5.65. The fraction of sp³-hybridized carbons (Fsp3) is 0.571. The van der Waals surface area contributed by atoms with E-state index in [1.54, 1.807) is 0 Å². The largest absolute Gasteiger partial charge is 0.404 e. The molecule has 5 heteroatoms. The van der Waals surface area contributed by atoms with Crippen molar-refractivity contribution in [2.24, 2.45) is 10.7 Å². The van der Waals surface area contributed by atoms with Gasteiger partial charge in [0.1, 0.15) is 5.71 Å². The zero-order valence-corrected chi connectivity index (χ0v) is 7.89. The first kappa shape index (κ1) is 9.64. The minimum atomic E-state index is -2.56. The minimum absolute atomic E-state index is 0.0847. The van der Waals surface area contributed by atoms with Crippen LogP contribution in [-0.2, 0) is 0 Å². The van der Waals surface area contributed by atoms with E-state index in [9.17, 15) is 8.78 Å². The molecule has 0 unspecified atom stereocenters. The summed E-state index contributed by atoms with van der Waals surface area (Å²) in [7, 11) is 0. The Labute approximate surface area is 77.7 Å². The Hall–Kier alpha value is -0.450. The molecule has 0 radical (unpaired) electrons. The molecular formula is C7H9BrF2N2. The topological polar surface area (TPSA) is 38.4 Å². The van der Waals surface area contributed by atoms with Gasteiger partial charge in [0.2, 0.25) is 0 Å². The third-order valence-electron chi connectivity index (χ3n) is 1.47. The molecule has 1 aliphatic rings. The van der Waals surface area contributed by atoms with Crippen LogP contribution >= 0.6 is 15.9 Å². The maximum Gasteiger partial charge on any atom is 0.281 e. The van der Waals surface area contributed by atoms with E-state index in [-0.39, 0.29) is 16.2 Å². The van der Waals surface area contributed by atoms with Gasteiger partial charge in [-0.1, -0.05) is 0 Å². The van der Waals surface area contributed by atoms with E-state index in [4.69, 9.17) is 5.73 Å². The molecule has 1 fully saturated rings. The van der Waals surface area contributed by atoms with E-state index in [0.29, 0.717) is 0 Å². The molecule has 0 bridgehead atoms. The molecule has 1 aliphatic carbocycles. The van der Waals surface area contributed by atoms with Crippen molar-refractivity contribution < 1.29 is 8.78 Å². The molecule has 1 rings (SSSR count). The quantitative estimate of drug-likeness (QED) is 0.752. The van der Waals surface area contributed by atoms with Gasteiger partial charge >= 0.3 is 0 Å². The molecule has 0 amide bonds. The van der Waals surface area contributed by atoms with Crippen LogP contribution in [0.3, 0.4) is 0 Å². The Balaban J connectivity index is 2.72. The summed E-state index contributed by atoms with van der Waals surface area (Å²) in [6, 6.07) is 0.0847. The van der Waals surface area contributed by atoms with E-state index < -0.39 is 6.43 Å². The summed E-state index contributed by atoms with van der Waals surface area (Å²) in [5.74, 6) is 0. The van der Waals surface area contributed by atoms with Crippen LogP contribution < -0.4 is 5.73 Å². The highest BCUT2D eigenvalue weighted by atomic mass is 79.9. The van der Waals surface area contributed by atoms with Crippen molar-refractivity contribution in [3.05, 3.63) is 10.7 Å². The highest BCUT2D eigenvalue weighted by molar-refractivity contribution is 9.12. The molecule has 68 valence electrons. The number of hydrogen-bond acceptors (Lipinski definition) is 2. The summed E-state index contributed by atoms with van der Waals surface area (Å²) in [6.07, 6.45) is 0.343. The molecule has 1 saturated carbocycles. The molecule has 0 atom stereocenters. The Kier molecular flexibility index (Phi) is 3.20. The fourth-order valence-electron chi connectivity index (χ4n) is 0.708. The first-order valence-electron chi connectivity index (χ1n) is 3.58. The van der Waals surface area contributed by atoms with E-state index in [1.807, 2.05) is 0 Å². The number of alkyl halides is 2. The smallest absolute Gasteiger partial charge is 0.281 e. The van der Waals surface area contributed by atoms with Gasteiger partial charge < -0.3 is 5.73 Å². The van der Waals surface area contributed by atoms with Crippen LogP contribution in [0.4, 0.5) is 8.78 Å². The second-order valence-electron chi connectivity index (χ2n) is 2.56. The number of halogens is 3. The van der Waals surface area contributed by atoms with E-state index >= 15 is 0 Å². The summed E-state index contributed by atoms with van der Waals surface area (Å²) in [6.45, 7) is 0. The van der Waals surface area contributed by atoms with Gasteiger partial charge in [-0.3, -0.25) is 4.99 Å². The number of nitrogens with two attached hydrogens (primary N) is 1. The summed E-state index contributed by atoms with van der Waals surface area (Å²) < 4.78 is 24.7. The van der Waals surface area contributed by atoms with Crippen molar-refractivity contribution >= 4 is 21.6 Å². The minimum Gasteiger partial charge on any atom is -0.404 e. The van der Waals surface area contributed by atoms with Crippen molar-refractivity contribution in [3.63, 3.8) is 0 Å². The molecule has 0 aliphatic heterocycles. The van der Waals surface area contributed by atoms with Gasteiger partial charge in [0.25, 0.3) is 6.43 Å². The van der Waals surface area contributed by atoms with Gasteiger partial charge in [-0.05, 0) is 28.8 Å². The predicted molar refractivity (Wildman–Crippen MR) is 47.7 cm³/mol. The normalized spacial score (nSPS) is 20.3. The average molecular weight is 239 g/mol. The number of rotatable bonds is 3. The van der Waals surface area contributed by atoms with Gasteiger partial charge in [-0.2, -0.15) is 0 Å². The Morgan fingerprint density at radius 2 is 2.17 bits per heavy atom. The Morgan fingerprint density at radius 3 is 2.50 bits per heavy atom. The fourth-order valence-corrected chi connectivity index (χ4v) is 0.983. The summed E-state index contributed by atoms with van der Waals surface area (Å²) in [5, 5.41) is 0. The lowest BCUT2D eigenvalue weighted by Crippen LogP contribution is -2.12. The van der Waals surface area contributed by atoms with Crippen molar-refractivity contribution in [3.8, 4) is 0 Å². The van der Waals surface area contributed by atoms with E-state index in [1.165, 1.54) is 0 Å². The molecule has 0 aromatic carbocycles. The lowest BCUT2D eigenvalue weighted by molar-refractivity contribution is 0.226. The molecule has 0 heterocycles. The molecule has 2 nitrogen and oxygen atoms in total. The molecule has 0 spiro atoms. The average Bonchev–Trinajstić information content (AvgIpc) is 2.81. The van der Waals surface area contributed by atoms with E-state index in [0.717, 1.165) is 19.0 Å². The van der Waals surface area contributed by atoms with Gasteiger partial charge in [0.15, 0.2) is 0 Å². The molecule has 0 aromatic rings. The van der Waals surface area contributed by atoms with Crippen molar-refractivity contribution in [1.29, 1.82) is 0 Å². The van der Waals surface area contributed by atoms with Crippen LogP contribution in [0.2, 0.25) is 0 Å². The molecule has 0 saturated heterocycles. The maximum atomic E-state index is 12.3. The molecule has 2 N–H and O–H groups in total. The van der Waals surface area contributed by atoms with Gasteiger partial charge in [-0.15, -0.1) is 0 Å². The van der Waals surface area contributed by atoms with Gasteiger partial charge in [0.05, 0.1) is 10.5 Å². The predicted octanol–water partition coefficient (Wildman–Crippen LogP) is 2.05. The summed E-state index contributed by atoms with van der Waals surface area (Å²) in [4.78, 5) is 3.83. The highest BCUT2D eigenvalue weighted by Crippen LogP contribution is 2.26. The molecule has 0 aromatic heterocycles. The van der Waals surface area contributed by atoms with E-state index in [2.05, 4.69) is 20.9 Å². The van der Waals surface area contributed by atoms with Crippen molar-refractivity contribution in [1.82, 2.24) is 0 Å². The highest BCUT2D eigenvalue weighted by Gasteiger charge is 2.25. The van der Waals surface area contributed by atoms with Crippen molar-refractivity contribution in [2.75, 3.05) is 0 Å². The SMILES string of the molecule is NC=C(Br)C(=NC1CC1)C(F)F. The Bertz CT molecular complexity index is 221. The van der Waals surface area contributed by atoms with Gasteiger partial charge in [-0.25, -0.2) is 8.78 Å². The van der Waals surface area contributed by atoms with Crippen molar-refractivity contribution in [2.45, 2.75) is 25.3 Å². The summed E-state index contributed by atoms with van der Waals surface area (Å²) in [5.41, 5.74) is 4.85. The molecule has 12 heavy (non-hydrogen) atoms. The second kappa shape index (κ2) is 3.98. The second-order valence-corrected chi connectivity index (χ2v) is 3.42. The number of nitrogens with zero attached hydrogens (tertiary/aromatic N) is 1. The standard InChI is InChI=1S/C7H9BrF2N2/c8-5(3-11)6(7(9)10)12-4-1-2-4/h3-4,7H,1-2,11H2. The third kappa shape index (κ3) is 2.55. The number of hydrogen-bond donors (Lipinski definition) is 1. The van der Waals surface area contributed by atoms with Crippen LogP contribution in [-0.4, -0.2) is 18.2 Å². The van der Waals surface area contributed by atoms with Crippen LogP contribution in [0.5, 0.6) is 0 Å². The summed E-state index contributed by atoms with van der Waals surface area (Å²) >= 11 is 2.93. The lowest BCUT2D eigenvalue weighted by Gasteiger charge is -2.02. The lowest BCUT2D eigenvalue weighted by atomic mass is 10.3. The zero-order valence-electron chi connectivity index (χ0n) is 6.30. The zero-order chi connectivity index (χ0) is 9.14. The third-order valence-corrected chi connectivity index (χ3v) is 2.14. The number of aliphatic imine (C=N–C) groups is 1. The van der Waals surface area contributed by atoms with Crippen LogP contribution in [0.1, 0.15) is 12.8 Å². The number of allylic oxidation sites excluding steroid dienone is 1. The Morgan fingerprint density at radius 1 is 1.58 bits per heavy atom.